The fourth-order valence-electron chi connectivity index (χ4n) is 2.49. The highest BCUT2D eigenvalue weighted by molar-refractivity contribution is 5.72. The molecule has 3 heteroatoms. The molecule has 18 heavy (non-hydrogen) atoms. The molecule has 1 heterocycles. The Morgan fingerprint density at radius 3 is 2.89 bits per heavy atom. The maximum atomic E-state index is 11.7. The summed E-state index contributed by atoms with van der Waals surface area (Å²) in [5.74, 6) is 0.0256. The maximum absolute atomic E-state index is 11.7. The predicted molar refractivity (Wildman–Crippen MR) is 71.1 cm³/mol. The van der Waals surface area contributed by atoms with Gasteiger partial charge in [-0.3, -0.25) is 9.69 Å². The molecule has 1 atom stereocenters. The molecule has 3 nitrogen and oxygen atoms in total. The average molecular weight is 247 g/mol. The number of esters is 1. The lowest BCUT2D eigenvalue weighted by atomic mass is 9.98. The lowest BCUT2D eigenvalue weighted by Gasteiger charge is -2.31. The molecule has 1 aromatic carbocycles. The standard InChI is InChI=1S/C15H21NO2/c1-2-18-15(17)14-9-6-10-16(12-14)11-13-7-4-3-5-8-13/h3-5,7-8,14H,2,6,9-12H2,1H3/t14-/m0/s1. The van der Waals surface area contributed by atoms with Gasteiger partial charge in [0.25, 0.3) is 0 Å². The van der Waals surface area contributed by atoms with E-state index in [9.17, 15) is 4.79 Å². The summed E-state index contributed by atoms with van der Waals surface area (Å²) < 4.78 is 5.11. The first-order valence-electron chi connectivity index (χ1n) is 6.72. The van der Waals surface area contributed by atoms with Crippen LogP contribution in [0.25, 0.3) is 0 Å². The van der Waals surface area contributed by atoms with Crippen LogP contribution in [0.1, 0.15) is 25.3 Å². The monoisotopic (exact) mass is 247 g/mol. The average Bonchev–Trinajstić information content (AvgIpc) is 2.40. The molecule has 0 spiro atoms. The van der Waals surface area contributed by atoms with Gasteiger partial charge < -0.3 is 4.74 Å². The molecule has 1 aromatic rings. The van der Waals surface area contributed by atoms with E-state index in [-0.39, 0.29) is 11.9 Å². The molecule has 0 radical (unpaired) electrons. The second kappa shape index (κ2) is 6.55. The van der Waals surface area contributed by atoms with Crippen molar-refractivity contribution in [1.82, 2.24) is 4.90 Å². The van der Waals surface area contributed by atoms with Crippen molar-refractivity contribution in [3.63, 3.8) is 0 Å². The molecule has 1 aliphatic rings. The SMILES string of the molecule is CCOC(=O)[C@H]1CCCN(Cc2ccccc2)C1. The fraction of sp³-hybridized carbons (Fsp3) is 0.533. The van der Waals surface area contributed by atoms with Gasteiger partial charge >= 0.3 is 5.97 Å². The summed E-state index contributed by atoms with van der Waals surface area (Å²) in [6.45, 7) is 5.17. The van der Waals surface area contributed by atoms with Crippen LogP contribution in [0.3, 0.4) is 0 Å². The lowest BCUT2D eigenvalue weighted by Crippen LogP contribution is -2.38. The van der Waals surface area contributed by atoms with Gasteiger partial charge in [-0.2, -0.15) is 0 Å². The van der Waals surface area contributed by atoms with E-state index < -0.39 is 0 Å². The molecule has 2 rings (SSSR count). The molecule has 0 amide bonds. The molecular weight excluding hydrogens is 226 g/mol. The Labute approximate surface area is 109 Å². The first-order chi connectivity index (χ1) is 8.79. The summed E-state index contributed by atoms with van der Waals surface area (Å²) in [4.78, 5) is 14.1. The van der Waals surface area contributed by atoms with E-state index >= 15 is 0 Å². The molecule has 0 aliphatic carbocycles. The van der Waals surface area contributed by atoms with Crippen molar-refractivity contribution < 1.29 is 9.53 Å². The van der Waals surface area contributed by atoms with E-state index in [1.807, 2.05) is 13.0 Å². The van der Waals surface area contributed by atoms with Crippen LogP contribution in [-0.2, 0) is 16.1 Å². The van der Waals surface area contributed by atoms with Gasteiger partial charge in [-0.25, -0.2) is 0 Å². The molecule has 1 aliphatic heterocycles. The lowest BCUT2D eigenvalue weighted by molar-refractivity contribution is -0.150. The summed E-state index contributed by atoms with van der Waals surface area (Å²) >= 11 is 0. The highest BCUT2D eigenvalue weighted by Crippen LogP contribution is 2.19. The van der Waals surface area contributed by atoms with Gasteiger partial charge in [0.15, 0.2) is 0 Å². The van der Waals surface area contributed by atoms with Crippen molar-refractivity contribution in [3.05, 3.63) is 35.9 Å². The molecule has 0 N–H and O–H groups in total. The zero-order valence-corrected chi connectivity index (χ0v) is 11.0. The van der Waals surface area contributed by atoms with Crippen LogP contribution in [0.15, 0.2) is 30.3 Å². The van der Waals surface area contributed by atoms with Crippen LogP contribution in [0.4, 0.5) is 0 Å². The molecule has 0 saturated carbocycles. The Balaban J connectivity index is 1.89. The van der Waals surface area contributed by atoms with E-state index in [2.05, 4.69) is 29.2 Å². The van der Waals surface area contributed by atoms with Gasteiger partial charge in [0.2, 0.25) is 0 Å². The Hall–Kier alpha value is -1.35. The van der Waals surface area contributed by atoms with Crippen molar-refractivity contribution in [1.29, 1.82) is 0 Å². The highest BCUT2D eigenvalue weighted by Gasteiger charge is 2.26. The predicted octanol–water partition coefficient (Wildman–Crippen LogP) is 2.46. The van der Waals surface area contributed by atoms with Crippen LogP contribution < -0.4 is 0 Å². The van der Waals surface area contributed by atoms with Gasteiger partial charge in [-0.05, 0) is 31.9 Å². The van der Waals surface area contributed by atoms with Gasteiger partial charge in [0, 0.05) is 13.1 Å². The number of carbonyl (C=O) groups is 1. The number of likely N-dealkylation sites (tertiary alicyclic amines) is 1. The highest BCUT2D eigenvalue weighted by atomic mass is 16.5. The molecular formula is C15H21NO2. The Morgan fingerprint density at radius 1 is 1.39 bits per heavy atom. The van der Waals surface area contributed by atoms with E-state index in [1.165, 1.54) is 5.56 Å². The number of hydrogen-bond acceptors (Lipinski definition) is 3. The topological polar surface area (TPSA) is 29.5 Å². The fourth-order valence-corrected chi connectivity index (χ4v) is 2.49. The molecule has 0 bridgehead atoms. The van der Waals surface area contributed by atoms with Crippen molar-refractivity contribution in [2.45, 2.75) is 26.3 Å². The maximum Gasteiger partial charge on any atom is 0.310 e. The zero-order chi connectivity index (χ0) is 12.8. The normalized spacial score (nSPS) is 20.6. The minimum Gasteiger partial charge on any atom is -0.466 e. The van der Waals surface area contributed by atoms with Crippen molar-refractivity contribution in [2.75, 3.05) is 19.7 Å². The molecule has 0 aromatic heterocycles. The van der Waals surface area contributed by atoms with E-state index in [4.69, 9.17) is 4.74 Å². The number of hydrogen-bond donors (Lipinski definition) is 0. The number of ether oxygens (including phenoxy) is 1. The summed E-state index contributed by atoms with van der Waals surface area (Å²) in [7, 11) is 0. The second-order valence-electron chi connectivity index (χ2n) is 4.81. The quantitative estimate of drug-likeness (QED) is 0.765. The van der Waals surface area contributed by atoms with Crippen LogP contribution >= 0.6 is 0 Å². The summed E-state index contributed by atoms with van der Waals surface area (Å²) in [6, 6.07) is 10.4. The Bertz CT molecular complexity index is 377. The minimum atomic E-state index is -0.0322. The van der Waals surface area contributed by atoms with Crippen LogP contribution in [0.2, 0.25) is 0 Å². The third kappa shape index (κ3) is 3.57. The summed E-state index contributed by atoms with van der Waals surface area (Å²) in [5.41, 5.74) is 1.31. The summed E-state index contributed by atoms with van der Waals surface area (Å²) in [5, 5.41) is 0. The smallest absolute Gasteiger partial charge is 0.310 e. The van der Waals surface area contributed by atoms with Crippen LogP contribution in [-0.4, -0.2) is 30.6 Å². The van der Waals surface area contributed by atoms with E-state index in [0.29, 0.717) is 6.61 Å². The Morgan fingerprint density at radius 2 is 2.17 bits per heavy atom. The number of carbonyl (C=O) groups excluding carboxylic acids is 1. The number of benzene rings is 1. The van der Waals surface area contributed by atoms with Crippen molar-refractivity contribution in [2.24, 2.45) is 5.92 Å². The van der Waals surface area contributed by atoms with Gasteiger partial charge in [0.05, 0.1) is 12.5 Å². The van der Waals surface area contributed by atoms with E-state index in [0.717, 1.165) is 32.5 Å². The first kappa shape index (κ1) is 13.1. The van der Waals surface area contributed by atoms with Crippen molar-refractivity contribution >= 4 is 5.97 Å². The third-order valence-corrected chi connectivity index (χ3v) is 3.37. The van der Waals surface area contributed by atoms with Gasteiger partial charge in [0.1, 0.15) is 0 Å². The minimum absolute atomic E-state index is 0.0322. The number of nitrogens with zero attached hydrogens (tertiary/aromatic N) is 1. The molecule has 98 valence electrons. The molecule has 0 unspecified atom stereocenters. The van der Waals surface area contributed by atoms with Crippen LogP contribution in [0, 0.1) is 5.92 Å². The van der Waals surface area contributed by atoms with Crippen LogP contribution in [0.5, 0.6) is 0 Å². The van der Waals surface area contributed by atoms with Gasteiger partial charge in [-0.1, -0.05) is 30.3 Å². The third-order valence-electron chi connectivity index (χ3n) is 3.37. The zero-order valence-electron chi connectivity index (χ0n) is 11.0. The molecule has 1 fully saturated rings. The summed E-state index contributed by atoms with van der Waals surface area (Å²) in [6.07, 6.45) is 2.04. The van der Waals surface area contributed by atoms with Crippen molar-refractivity contribution in [3.8, 4) is 0 Å². The van der Waals surface area contributed by atoms with Gasteiger partial charge in [-0.15, -0.1) is 0 Å². The Kier molecular flexibility index (Phi) is 4.76. The molecule has 1 saturated heterocycles. The van der Waals surface area contributed by atoms with E-state index in [1.54, 1.807) is 0 Å². The number of piperidine rings is 1. The first-order valence-corrected chi connectivity index (χ1v) is 6.72. The second-order valence-corrected chi connectivity index (χ2v) is 4.81. The number of rotatable bonds is 4. The largest absolute Gasteiger partial charge is 0.466 e.